The highest BCUT2D eigenvalue weighted by molar-refractivity contribution is 6.74. The fourth-order valence-electron chi connectivity index (χ4n) is 7.22. The maximum atomic E-state index is 13.5. The molecular weight excluding hydrogens is 549 g/mol. The molecule has 0 bridgehead atoms. The Balaban J connectivity index is 2.16. The molecule has 1 fully saturated rings. The summed E-state index contributed by atoms with van der Waals surface area (Å²) in [4.78, 5) is 24.9. The van der Waals surface area contributed by atoms with Gasteiger partial charge in [0.15, 0.2) is 28.2 Å². The predicted molar refractivity (Wildman–Crippen MR) is 173 cm³/mol. The molecule has 2 rings (SSSR count). The number of hydrogen-bond donors (Lipinski definition) is 0. The van der Waals surface area contributed by atoms with Crippen LogP contribution in [0.3, 0.4) is 0 Å². The van der Waals surface area contributed by atoms with E-state index in [9.17, 15) is 9.59 Å². The lowest BCUT2D eigenvalue weighted by molar-refractivity contribution is -0.302. The Morgan fingerprint density at radius 2 is 1.49 bits per heavy atom. The third kappa shape index (κ3) is 10.2. The minimum atomic E-state index is -1.96. The standard InChI is InChI=1S/C33H62O6Si2/c1-10-40(11-2,12-3)36-24-22-28-25-27(37-33(8,9)38-28)19-20-29-26(7)18-21-30(35)32(29)31(17-16-23-34)39-41(13-4,14-5)15-6/h18,21,23,26-29,31-32H,10-17,19-20,22,24-25H2,1-9H3/t26-,27+,28-,29-,31?,32+/m0/s1. The van der Waals surface area contributed by atoms with Crippen LogP contribution in [0.2, 0.25) is 36.3 Å². The summed E-state index contributed by atoms with van der Waals surface area (Å²) in [7, 11) is -3.57. The number of aldehydes is 1. The van der Waals surface area contributed by atoms with Crippen LogP contribution >= 0.6 is 0 Å². The zero-order chi connectivity index (χ0) is 30.7. The van der Waals surface area contributed by atoms with Gasteiger partial charge in [0.25, 0.3) is 0 Å². The lowest BCUT2D eigenvalue weighted by atomic mass is 9.70. The summed E-state index contributed by atoms with van der Waals surface area (Å²) in [5, 5.41) is 0. The van der Waals surface area contributed by atoms with Crippen LogP contribution in [0.15, 0.2) is 12.2 Å². The van der Waals surface area contributed by atoms with Gasteiger partial charge in [0.05, 0.1) is 24.2 Å². The van der Waals surface area contributed by atoms with Crippen molar-refractivity contribution in [1.82, 2.24) is 0 Å². The first-order chi connectivity index (χ1) is 19.5. The van der Waals surface area contributed by atoms with E-state index in [1.165, 1.54) is 0 Å². The molecule has 0 amide bonds. The molecule has 0 saturated carbocycles. The van der Waals surface area contributed by atoms with E-state index in [1.54, 1.807) is 6.08 Å². The molecule has 0 aromatic carbocycles. The van der Waals surface area contributed by atoms with E-state index in [0.717, 1.165) is 74.8 Å². The third-order valence-electron chi connectivity index (χ3n) is 10.4. The van der Waals surface area contributed by atoms with Crippen molar-refractivity contribution >= 4 is 28.7 Å². The molecule has 0 aromatic heterocycles. The van der Waals surface area contributed by atoms with Crippen molar-refractivity contribution in [2.75, 3.05) is 6.61 Å². The van der Waals surface area contributed by atoms with Gasteiger partial charge >= 0.3 is 0 Å². The lowest BCUT2D eigenvalue weighted by Crippen LogP contribution is -2.48. The summed E-state index contributed by atoms with van der Waals surface area (Å²) < 4.78 is 26.3. The molecule has 6 nitrogen and oxygen atoms in total. The molecule has 1 aliphatic carbocycles. The van der Waals surface area contributed by atoms with Crippen molar-refractivity contribution in [3.63, 3.8) is 0 Å². The summed E-state index contributed by atoms with van der Waals surface area (Å²) in [5.74, 6) is -0.247. The monoisotopic (exact) mass is 610 g/mol. The van der Waals surface area contributed by atoms with Crippen molar-refractivity contribution in [1.29, 1.82) is 0 Å². The molecule has 0 spiro atoms. The number of hydrogen-bond acceptors (Lipinski definition) is 6. The summed E-state index contributed by atoms with van der Waals surface area (Å²) in [5.41, 5.74) is 0. The second-order valence-electron chi connectivity index (χ2n) is 13.0. The molecule has 2 aliphatic rings. The highest BCUT2D eigenvalue weighted by Gasteiger charge is 2.44. The Morgan fingerprint density at radius 1 is 0.927 bits per heavy atom. The van der Waals surface area contributed by atoms with Gasteiger partial charge in [-0.25, -0.2) is 0 Å². The Bertz CT molecular complexity index is 806. The Hall–Kier alpha value is -0.646. The fourth-order valence-corrected chi connectivity index (χ4v) is 12.8. The highest BCUT2D eigenvalue weighted by Crippen LogP contribution is 2.40. The van der Waals surface area contributed by atoms with Crippen molar-refractivity contribution in [2.45, 2.75) is 161 Å². The smallest absolute Gasteiger partial charge is 0.192 e. The molecular formula is C33H62O6Si2. The highest BCUT2D eigenvalue weighted by atomic mass is 28.4. The zero-order valence-corrected chi connectivity index (χ0v) is 29.8. The van der Waals surface area contributed by atoms with Gasteiger partial charge in [0.2, 0.25) is 0 Å². The van der Waals surface area contributed by atoms with Crippen LogP contribution in [-0.4, -0.2) is 59.4 Å². The van der Waals surface area contributed by atoms with Crippen LogP contribution in [0.25, 0.3) is 0 Å². The van der Waals surface area contributed by atoms with Gasteiger partial charge in [-0.1, -0.05) is 54.5 Å². The molecule has 0 aromatic rings. The van der Waals surface area contributed by atoms with Crippen LogP contribution in [0, 0.1) is 17.8 Å². The van der Waals surface area contributed by atoms with Crippen LogP contribution < -0.4 is 0 Å². The first kappa shape index (κ1) is 36.5. The Morgan fingerprint density at radius 3 is 2.02 bits per heavy atom. The second kappa shape index (κ2) is 17.0. The average Bonchev–Trinajstić information content (AvgIpc) is 2.96. The number of ether oxygens (including phenoxy) is 2. The van der Waals surface area contributed by atoms with Gasteiger partial charge in [0.1, 0.15) is 6.29 Å². The molecule has 8 heteroatoms. The van der Waals surface area contributed by atoms with E-state index < -0.39 is 22.4 Å². The molecule has 0 N–H and O–H groups in total. The van der Waals surface area contributed by atoms with E-state index in [4.69, 9.17) is 18.3 Å². The van der Waals surface area contributed by atoms with Crippen molar-refractivity contribution in [3.8, 4) is 0 Å². The summed E-state index contributed by atoms with van der Waals surface area (Å²) in [6, 6.07) is 6.57. The minimum Gasteiger partial charge on any atom is -0.417 e. The minimum absolute atomic E-state index is 0.0767. The third-order valence-corrected chi connectivity index (χ3v) is 19.7. The SMILES string of the molecule is CC[Si](CC)(CC)OCC[C@H]1C[C@@H](CC[C@@H]2[C@@H](C(CCC=O)O[Si](CC)(CC)CC)C(=O)C=C[C@@H]2C)OC(C)(C)O1. The molecule has 1 heterocycles. The number of rotatable bonds is 19. The van der Waals surface area contributed by atoms with Crippen LogP contribution in [-0.2, 0) is 27.9 Å². The maximum Gasteiger partial charge on any atom is 0.192 e. The van der Waals surface area contributed by atoms with Crippen molar-refractivity contribution in [3.05, 3.63) is 12.2 Å². The Labute approximate surface area is 254 Å². The molecule has 0 radical (unpaired) electrons. The summed E-state index contributed by atoms with van der Waals surface area (Å²) >= 11 is 0. The molecule has 1 aliphatic heterocycles. The average molecular weight is 611 g/mol. The number of ketones is 1. The quantitative estimate of drug-likeness (QED) is 0.108. The molecule has 6 atom stereocenters. The first-order valence-corrected chi connectivity index (χ1v) is 21.9. The largest absolute Gasteiger partial charge is 0.417 e. The van der Waals surface area contributed by atoms with Crippen molar-refractivity contribution in [2.24, 2.45) is 17.8 Å². The van der Waals surface area contributed by atoms with E-state index in [0.29, 0.717) is 12.8 Å². The van der Waals surface area contributed by atoms with Gasteiger partial charge in [-0.3, -0.25) is 4.79 Å². The van der Waals surface area contributed by atoms with Crippen LogP contribution in [0.5, 0.6) is 0 Å². The van der Waals surface area contributed by atoms with Crippen molar-refractivity contribution < 1.29 is 27.9 Å². The molecule has 1 saturated heterocycles. The Kier molecular flexibility index (Phi) is 15.2. The van der Waals surface area contributed by atoms with E-state index in [2.05, 4.69) is 54.5 Å². The second-order valence-corrected chi connectivity index (χ2v) is 22.5. The molecule has 238 valence electrons. The topological polar surface area (TPSA) is 71.1 Å². The number of carbonyl (C=O) groups excluding carboxylic acids is 2. The molecule has 1 unspecified atom stereocenters. The normalized spacial score (nSPS) is 27.6. The van der Waals surface area contributed by atoms with Gasteiger partial charge < -0.3 is 23.1 Å². The van der Waals surface area contributed by atoms with Crippen LogP contribution in [0.1, 0.15) is 101 Å². The summed E-state index contributed by atoms with van der Waals surface area (Å²) in [6.45, 7) is 20.5. The van der Waals surface area contributed by atoms with E-state index in [-0.39, 0.29) is 41.8 Å². The molecule has 41 heavy (non-hydrogen) atoms. The van der Waals surface area contributed by atoms with Gasteiger partial charge in [-0.05, 0) is 93.7 Å². The number of allylic oxidation sites excluding steroid dienone is 2. The fraction of sp³-hybridized carbons (Fsp3) is 0.879. The van der Waals surface area contributed by atoms with E-state index in [1.807, 2.05) is 13.8 Å². The van der Waals surface area contributed by atoms with E-state index >= 15 is 0 Å². The zero-order valence-electron chi connectivity index (χ0n) is 27.8. The predicted octanol–water partition coefficient (Wildman–Crippen LogP) is 8.47. The van der Waals surface area contributed by atoms with Gasteiger partial charge in [-0.2, -0.15) is 0 Å². The van der Waals surface area contributed by atoms with Gasteiger partial charge in [-0.15, -0.1) is 0 Å². The van der Waals surface area contributed by atoms with Crippen LogP contribution in [0.4, 0.5) is 0 Å². The maximum absolute atomic E-state index is 13.5. The lowest BCUT2D eigenvalue weighted by Gasteiger charge is -2.44. The summed E-state index contributed by atoms with van der Waals surface area (Å²) in [6.07, 6.45) is 9.36. The number of carbonyl (C=O) groups is 2. The first-order valence-electron chi connectivity index (χ1n) is 16.8. The van der Waals surface area contributed by atoms with Gasteiger partial charge in [0, 0.05) is 19.4 Å².